The molecule has 24 heavy (non-hydrogen) atoms. The van der Waals surface area contributed by atoms with Crippen molar-refractivity contribution in [1.29, 1.82) is 0 Å². The summed E-state index contributed by atoms with van der Waals surface area (Å²) in [5.74, 6) is 0.927. The van der Waals surface area contributed by atoms with E-state index in [0.29, 0.717) is 5.56 Å². The van der Waals surface area contributed by atoms with Crippen molar-refractivity contribution in [1.82, 2.24) is 14.7 Å². The minimum Gasteiger partial charge on any atom is -0.497 e. The Balaban J connectivity index is 1.92. The smallest absolute Gasteiger partial charge is 0.257 e. The zero-order valence-electron chi connectivity index (χ0n) is 14.7. The molecule has 1 aliphatic heterocycles. The van der Waals surface area contributed by atoms with Gasteiger partial charge in [0.15, 0.2) is 0 Å². The molecule has 0 spiro atoms. The summed E-state index contributed by atoms with van der Waals surface area (Å²) in [6.45, 7) is 2.74. The Morgan fingerprint density at radius 1 is 1.21 bits per heavy atom. The molecule has 0 bridgehead atoms. The van der Waals surface area contributed by atoms with Crippen LogP contribution in [-0.4, -0.2) is 34.2 Å². The number of ether oxygens (including phenoxy) is 1. The third kappa shape index (κ3) is 3.16. The van der Waals surface area contributed by atoms with Gasteiger partial charge in [0.1, 0.15) is 5.75 Å². The van der Waals surface area contributed by atoms with E-state index in [0.717, 1.165) is 37.3 Å². The van der Waals surface area contributed by atoms with Crippen molar-refractivity contribution in [2.45, 2.75) is 38.6 Å². The van der Waals surface area contributed by atoms with Crippen LogP contribution in [0, 0.1) is 6.92 Å². The van der Waals surface area contributed by atoms with Gasteiger partial charge in [-0.05, 0) is 37.5 Å². The fraction of sp³-hybridized carbons (Fsp3) is 0.474. The number of amides is 1. The number of hydrogen-bond acceptors (Lipinski definition) is 3. The summed E-state index contributed by atoms with van der Waals surface area (Å²) < 4.78 is 7.01. The molecule has 2 heterocycles. The van der Waals surface area contributed by atoms with Gasteiger partial charge >= 0.3 is 0 Å². The molecule has 0 unspecified atom stereocenters. The highest BCUT2D eigenvalue weighted by Crippen LogP contribution is 2.32. The minimum absolute atomic E-state index is 0.0864. The average molecular weight is 327 g/mol. The molecule has 1 aliphatic rings. The van der Waals surface area contributed by atoms with Crippen LogP contribution in [0.4, 0.5) is 0 Å². The average Bonchev–Trinajstić information content (AvgIpc) is 2.81. The van der Waals surface area contributed by atoms with Crippen LogP contribution in [0.1, 0.15) is 53.3 Å². The van der Waals surface area contributed by atoms with E-state index in [2.05, 4.69) is 17.2 Å². The van der Waals surface area contributed by atoms with Gasteiger partial charge in [0.05, 0.1) is 24.9 Å². The fourth-order valence-corrected chi connectivity index (χ4v) is 3.39. The van der Waals surface area contributed by atoms with E-state index < -0.39 is 0 Å². The van der Waals surface area contributed by atoms with Crippen LogP contribution < -0.4 is 4.74 Å². The van der Waals surface area contributed by atoms with Crippen LogP contribution in [0.5, 0.6) is 5.75 Å². The SMILES string of the molecule is COc1ccc([C@H]2CCCCCN2C(=O)c2cnn(C)c2C)cc1. The highest BCUT2D eigenvalue weighted by molar-refractivity contribution is 5.95. The number of hydrogen-bond donors (Lipinski definition) is 0. The number of aromatic nitrogens is 2. The zero-order valence-corrected chi connectivity index (χ0v) is 14.7. The molecule has 1 fully saturated rings. The van der Waals surface area contributed by atoms with E-state index in [1.165, 1.54) is 12.0 Å². The third-order valence-electron chi connectivity index (χ3n) is 4.98. The Kier molecular flexibility index (Phi) is 4.88. The lowest BCUT2D eigenvalue weighted by atomic mass is 10.00. The lowest BCUT2D eigenvalue weighted by Crippen LogP contribution is -2.35. The second-order valence-corrected chi connectivity index (χ2v) is 6.40. The first-order chi connectivity index (χ1) is 11.6. The molecule has 1 saturated heterocycles. The maximum atomic E-state index is 13.1. The fourth-order valence-electron chi connectivity index (χ4n) is 3.39. The monoisotopic (exact) mass is 327 g/mol. The number of nitrogens with zero attached hydrogens (tertiary/aromatic N) is 3. The van der Waals surface area contributed by atoms with Crippen molar-refractivity contribution in [3.05, 3.63) is 47.3 Å². The van der Waals surface area contributed by atoms with E-state index in [4.69, 9.17) is 4.74 Å². The third-order valence-corrected chi connectivity index (χ3v) is 4.98. The molecular formula is C19H25N3O2. The van der Waals surface area contributed by atoms with E-state index in [9.17, 15) is 4.79 Å². The van der Waals surface area contributed by atoms with Crippen molar-refractivity contribution in [3.8, 4) is 5.75 Å². The molecule has 128 valence electrons. The molecule has 5 nitrogen and oxygen atoms in total. The van der Waals surface area contributed by atoms with Gasteiger partial charge in [-0.2, -0.15) is 5.10 Å². The van der Waals surface area contributed by atoms with Crippen molar-refractivity contribution in [3.63, 3.8) is 0 Å². The second kappa shape index (κ2) is 7.07. The molecule has 1 amide bonds. The molecule has 0 radical (unpaired) electrons. The lowest BCUT2D eigenvalue weighted by molar-refractivity contribution is 0.0680. The summed E-state index contributed by atoms with van der Waals surface area (Å²) in [6, 6.07) is 8.21. The van der Waals surface area contributed by atoms with Crippen LogP contribution in [0.25, 0.3) is 0 Å². The van der Waals surface area contributed by atoms with Gasteiger partial charge in [-0.3, -0.25) is 9.48 Å². The molecule has 1 atom stereocenters. The number of likely N-dealkylation sites (tertiary alicyclic amines) is 1. The number of carbonyl (C=O) groups is 1. The first-order valence-electron chi connectivity index (χ1n) is 8.55. The molecule has 0 saturated carbocycles. The van der Waals surface area contributed by atoms with Gasteiger partial charge in [-0.15, -0.1) is 0 Å². The van der Waals surface area contributed by atoms with E-state index in [1.54, 1.807) is 18.0 Å². The minimum atomic E-state index is 0.0864. The predicted molar refractivity (Wildman–Crippen MR) is 93.2 cm³/mol. The Morgan fingerprint density at radius 2 is 1.96 bits per heavy atom. The molecule has 2 aromatic rings. The number of carbonyl (C=O) groups excluding carboxylic acids is 1. The van der Waals surface area contributed by atoms with Crippen molar-refractivity contribution >= 4 is 5.91 Å². The number of benzene rings is 1. The second-order valence-electron chi connectivity index (χ2n) is 6.40. The summed E-state index contributed by atoms with van der Waals surface area (Å²) in [5.41, 5.74) is 2.79. The number of rotatable bonds is 3. The van der Waals surface area contributed by atoms with Gasteiger partial charge < -0.3 is 9.64 Å². The van der Waals surface area contributed by atoms with E-state index >= 15 is 0 Å². The van der Waals surface area contributed by atoms with Crippen LogP contribution >= 0.6 is 0 Å². The van der Waals surface area contributed by atoms with Crippen LogP contribution in [-0.2, 0) is 7.05 Å². The van der Waals surface area contributed by atoms with Crippen molar-refractivity contribution < 1.29 is 9.53 Å². The van der Waals surface area contributed by atoms with Gasteiger partial charge in [-0.25, -0.2) is 0 Å². The summed E-state index contributed by atoms with van der Waals surface area (Å²) in [7, 11) is 3.54. The topological polar surface area (TPSA) is 47.4 Å². The molecular weight excluding hydrogens is 302 g/mol. The summed E-state index contributed by atoms with van der Waals surface area (Å²) in [5, 5.41) is 4.23. The first-order valence-corrected chi connectivity index (χ1v) is 8.55. The summed E-state index contributed by atoms with van der Waals surface area (Å²) in [6.07, 6.45) is 6.05. The van der Waals surface area contributed by atoms with Crippen molar-refractivity contribution in [2.24, 2.45) is 7.05 Å². The van der Waals surface area contributed by atoms with Gasteiger partial charge in [-0.1, -0.05) is 25.0 Å². The maximum Gasteiger partial charge on any atom is 0.257 e. The van der Waals surface area contributed by atoms with Crippen LogP contribution in [0.3, 0.4) is 0 Å². The number of methoxy groups -OCH3 is 1. The molecule has 3 rings (SSSR count). The largest absolute Gasteiger partial charge is 0.497 e. The highest BCUT2D eigenvalue weighted by Gasteiger charge is 2.29. The van der Waals surface area contributed by atoms with Gasteiger partial charge in [0.25, 0.3) is 5.91 Å². The Morgan fingerprint density at radius 3 is 2.58 bits per heavy atom. The van der Waals surface area contributed by atoms with E-state index in [1.807, 2.05) is 31.0 Å². The quantitative estimate of drug-likeness (QED) is 0.867. The Hall–Kier alpha value is -2.30. The van der Waals surface area contributed by atoms with Crippen LogP contribution in [0.15, 0.2) is 30.5 Å². The molecule has 5 heteroatoms. The maximum absolute atomic E-state index is 13.1. The Bertz CT molecular complexity index is 706. The van der Waals surface area contributed by atoms with E-state index in [-0.39, 0.29) is 11.9 Å². The zero-order chi connectivity index (χ0) is 17.1. The summed E-state index contributed by atoms with van der Waals surface area (Å²) >= 11 is 0. The molecule has 0 aliphatic carbocycles. The molecule has 1 aromatic heterocycles. The first kappa shape index (κ1) is 16.6. The van der Waals surface area contributed by atoms with Gasteiger partial charge in [0.2, 0.25) is 0 Å². The standard InChI is InChI=1S/C19H25N3O2/c1-14-17(13-20-21(14)2)19(23)22-12-6-4-5-7-18(22)15-8-10-16(24-3)11-9-15/h8-11,13,18H,4-7,12H2,1-3H3/t18-/m1/s1. The molecule has 1 aromatic carbocycles. The Labute approximate surface area is 143 Å². The van der Waals surface area contributed by atoms with Gasteiger partial charge in [0, 0.05) is 19.3 Å². The highest BCUT2D eigenvalue weighted by atomic mass is 16.5. The predicted octanol–water partition coefficient (Wildman–Crippen LogP) is 3.49. The van der Waals surface area contributed by atoms with Crippen molar-refractivity contribution in [2.75, 3.05) is 13.7 Å². The normalized spacial score (nSPS) is 18.3. The lowest BCUT2D eigenvalue weighted by Gasteiger charge is -2.30. The van der Waals surface area contributed by atoms with Crippen LogP contribution in [0.2, 0.25) is 0 Å². The molecule has 0 N–H and O–H groups in total. The number of aryl methyl sites for hydroxylation is 1. The summed E-state index contributed by atoms with van der Waals surface area (Å²) in [4.78, 5) is 15.2.